The average Bonchev–Trinajstić information content (AvgIpc) is 3.16. The molecule has 0 fully saturated rings. The predicted molar refractivity (Wildman–Crippen MR) is 97.6 cm³/mol. The zero-order valence-corrected chi connectivity index (χ0v) is 15.2. The molecule has 2 aromatic heterocycles. The SMILES string of the molecule is Cc1cnn(CCC(=O)Nc2ccc(Sc3nc(C)cs3)cc2)c1. The van der Waals surface area contributed by atoms with E-state index >= 15 is 0 Å². The van der Waals surface area contributed by atoms with Crippen LogP contribution in [0.2, 0.25) is 0 Å². The monoisotopic (exact) mass is 358 g/mol. The van der Waals surface area contributed by atoms with Crippen molar-refractivity contribution in [2.75, 3.05) is 5.32 Å². The van der Waals surface area contributed by atoms with Crippen LogP contribution in [0.5, 0.6) is 0 Å². The standard InChI is InChI=1S/C17H18N4OS2/c1-12-9-18-21(10-12)8-7-16(22)20-14-3-5-15(6-4-14)24-17-19-13(2)11-23-17/h3-6,9-11H,7-8H2,1-2H3,(H,20,22). The maximum absolute atomic E-state index is 12.0. The minimum Gasteiger partial charge on any atom is -0.326 e. The first-order chi connectivity index (χ1) is 11.6. The molecule has 3 aromatic rings. The van der Waals surface area contributed by atoms with Gasteiger partial charge in [0.2, 0.25) is 5.91 Å². The summed E-state index contributed by atoms with van der Waals surface area (Å²) in [6, 6.07) is 7.82. The van der Waals surface area contributed by atoms with E-state index in [9.17, 15) is 4.79 Å². The Hall–Kier alpha value is -2.12. The summed E-state index contributed by atoms with van der Waals surface area (Å²) in [5.41, 5.74) is 2.94. The van der Waals surface area contributed by atoms with Crippen molar-refractivity contribution < 1.29 is 4.79 Å². The molecule has 0 aliphatic rings. The van der Waals surface area contributed by atoms with Crippen molar-refractivity contribution in [3.05, 3.63) is 53.3 Å². The number of carbonyl (C=O) groups excluding carboxylic acids is 1. The van der Waals surface area contributed by atoms with E-state index in [-0.39, 0.29) is 5.91 Å². The van der Waals surface area contributed by atoms with E-state index in [2.05, 4.69) is 15.4 Å². The van der Waals surface area contributed by atoms with E-state index in [1.165, 1.54) is 0 Å². The van der Waals surface area contributed by atoms with Crippen LogP contribution in [0.4, 0.5) is 5.69 Å². The molecule has 0 unspecified atom stereocenters. The maximum atomic E-state index is 12.0. The lowest BCUT2D eigenvalue weighted by Gasteiger charge is -2.06. The Morgan fingerprint density at radius 1 is 1.29 bits per heavy atom. The Balaban J connectivity index is 1.50. The lowest BCUT2D eigenvalue weighted by Crippen LogP contribution is -2.14. The lowest BCUT2D eigenvalue weighted by molar-refractivity contribution is -0.116. The molecule has 5 nitrogen and oxygen atoms in total. The molecule has 7 heteroatoms. The number of hydrogen-bond donors (Lipinski definition) is 1. The summed E-state index contributed by atoms with van der Waals surface area (Å²) in [5, 5.41) is 9.13. The van der Waals surface area contributed by atoms with E-state index in [4.69, 9.17) is 0 Å². The third-order valence-corrected chi connectivity index (χ3v) is 5.34. The van der Waals surface area contributed by atoms with Crippen LogP contribution in [0.15, 0.2) is 51.3 Å². The predicted octanol–water partition coefficient (Wildman–Crippen LogP) is 4.14. The van der Waals surface area contributed by atoms with Crippen molar-refractivity contribution >= 4 is 34.7 Å². The maximum Gasteiger partial charge on any atom is 0.226 e. The van der Waals surface area contributed by atoms with Gasteiger partial charge < -0.3 is 5.32 Å². The smallest absolute Gasteiger partial charge is 0.226 e. The normalized spacial score (nSPS) is 10.8. The van der Waals surface area contributed by atoms with Crippen molar-refractivity contribution in [2.45, 2.75) is 36.0 Å². The quantitative estimate of drug-likeness (QED) is 0.719. The highest BCUT2D eigenvalue weighted by molar-refractivity contribution is 8.01. The van der Waals surface area contributed by atoms with Crippen molar-refractivity contribution in [1.82, 2.24) is 14.8 Å². The van der Waals surface area contributed by atoms with Gasteiger partial charge in [-0.1, -0.05) is 11.8 Å². The summed E-state index contributed by atoms with van der Waals surface area (Å²) in [7, 11) is 0. The molecule has 1 amide bonds. The zero-order valence-electron chi connectivity index (χ0n) is 13.5. The van der Waals surface area contributed by atoms with Gasteiger partial charge in [0.15, 0.2) is 4.34 Å². The van der Waals surface area contributed by atoms with Crippen LogP contribution in [-0.2, 0) is 11.3 Å². The van der Waals surface area contributed by atoms with Gasteiger partial charge in [0, 0.05) is 40.8 Å². The number of anilines is 1. The van der Waals surface area contributed by atoms with Crippen LogP contribution in [-0.4, -0.2) is 20.7 Å². The van der Waals surface area contributed by atoms with Gasteiger partial charge in [-0.2, -0.15) is 5.10 Å². The van der Waals surface area contributed by atoms with Gasteiger partial charge >= 0.3 is 0 Å². The van der Waals surface area contributed by atoms with Crippen LogP contribution in [0.25, 0.3) is 0 Å². The van der Waals surface area contributed by atoms with Crippen molar-refractivity contribution in [3.8, 4) is 0 Å². The first kappa shape index (κ1) is 16.7. The number of nitrogens with zero attached hydrogens (tertiary/aromatic N) is 3. The molecule has 24 heavy (non-hydrogen) atoms. The highest BCUT2D eigenvalue weighted by atomic mass is 32.2. The summed E-state index contributed by atoms with van der Waals surface area (Å²) in [5.74, 6) is -0.0147. The topological polar surface area (TPSA) is 59.8 Å². The second-order valence-electron chi connectivity index (χ2n) is 5.46. The molecule has 0 saturated heterocycles. The highest BCUT2D eigenvalue weighted by Gasteiger charge is 2.05. The number of carbonyl (C=O) groups is 1. The molecule has 0 saturated carbocycles. The van der Waals surface area contributed by atoms with E-state index in [0.717, 1.165) is 26.2 Å². The van der Waals surface area contributed by atoms with E-state index in [1.807, 2.05) is 49.7 Å². The second kappa shape index (κ2) is 7.63. The number of amides is 1. The molecule has 0 aliphatic heterocycles. The Kier molecular flexibility index (Phi) is 5.32. The molecule has 124 valence electrons. The molecule has 0 spiro atoms. The van der Waals surface area contributed by atoms with E-state index in [1.54, 1.807) is 34.0 Å². The number of benzene rings is 1. The first-order valence-corrected chi connectivity index (χ1v) is 9.27. The van der Waals surface area contributed by atoms with Crippen LogP contribution < -0.4 is 5.32 Å². The Labute approximate surface area is 149 Å². The number of aryl methyl sites for hydroxylation is 3. The number of rotatable bonds is 6. The van der Waals surface area contributed by atoms with Gasteiger partial charge in [0.05, 0.1) is 6.20 Å². The number of thiazole rings is 1. The number of nitrogens with one attached hydrogen (secondary N) is 1. The fourth-order valence-electron chi connectivity index (χ4n) is 2.12. The molecule has 0 aliphatic carbocycles. The van der Waals surface area contributed by atoms with Crippen molar-refractivity contribution in [3.63, 3.8) is 0 Å². The van der Waals surface area contributed by atoms with Crippen molar-refractivity contribution in [1.29, 1.82) is 0 Å². The number of hydrogen-bond acceptors (Lipinski definition) is 5. The molecular formula is C17H18N4OS2. The Morgan fingerprint density at radius 2 is 2.08 bits per heavy atom. The summed E-state index contributed by atoms with van der Waals surface area (Å²) in [6.45, 7) is 4.55. The molecule has 3 rings (SSSR count). The first-order valence-electron chi connectivity index (χ1n) is 7.57. The molecule has 1 N–H and O–H groups in total. The Morgan fingerprint density at radius 3 is 2.71 bits per heavy atom. The molecule has 0 radical (unpaired) electrons. The number of aromatic nitrogens is 3. The summed E-state index contributed by atoms with van der Waals surface area (Å²) >= 11 is 3.27. The van der Waals surface area contributed by atoms with E-state index in [0.29, 0.717) is 13.0 Å². The average molecular weight is 358 g/mol. The minimum absolute atomic E-state index is 0.0147. The van der Waals surface area contributed by atoms with Crippen molar-refractivity contribution in [2.24, 2.45) is 0 Å². The van der Waals surface area contributed by atoms with E-state index < -0.39 is 0 Å². The fourth-order valence-corrected chi connectivity index (χ4v) is 3.92. The van der Waals surface area contributed by atoms with Crippen LogP contribution >= 0.6 is 23.1 Å². The molecule has 0 atom stereocenters. The Bertz CT molecular complexity index is 823. The fraction of sp³-hybridized carbons (Fsp3) is 0.235. The van der Waals surface area contributed by atoms with Gasteiger partial charge in [-0.15, -0.1) is 11.3 Å². The van der Waals surface area contributed by atoms with Crippen LogP contribution in [0, 0.1) is 13.8 Å². The second-order valence-corrected chi connectivity index (χ2v) is 7.64. The lowest BCUT2D eigenvalue weighted by atomic mass is 10.3. The third kappa shape index (κ3) is 4.69. The summed E-state index contributed by atoms with van der Waals surface area (Å²) in [4.78, 5) is 17.5. The molecule has 0 bridgehead atoms. The van der Waals surface area contributed by atoms with Gasteiger partial charge in [-0.3, -0.25) is 9.48 Å². The van der Waals surface area contributed by atoms with Crippen LogP contribution in [0.3, 0.4) is 0 Å². The van der Waals surface area contributed by atoms with Gasteiger partial charge in [0.25, 0.3) is 0 Å². The summed E-state index contributed by atoms with van der Waals surface area (Å²) < 4.78 is 2.81. The summed E-state index contributed by atoms with van der Waals surface area (Å²) in [6.07, 6.45) is 4.12. The molecule has 2 heterocycles. The molecular weight excluding hydrogens is 340 g/mol. The van der Waals surface area contributed by atoms with Gasteiger partial charge in [-0.25, -0.2) is 4.98 Å². The van der Waals surface area contributed by atoms with Gasteiger partial charge in [0.1, 0.15) is 0 Å². The third-order valence-electron chi connectivity index (χ3n) is 3.27. The largest absolute Gasteiger partial charge is 0.326 e. The highest BCUT2D eigenvalue weighted by Crippen LogP contribution is 2.30. The zero-order chi connectivity index (χ0) is 16.9. The van der Waals surface area contributed by atoms with Crippen LogP contribution in [0.1, 0.15) is 17.7 Å². The minimum atomic E-state index is -0.0147. The van der Waals surface area contributed by atoms with Gasteiger partial charge in [-0.05, 0) is 43.7 Å². The molecule has 1 aromatic carbocycles.